The van der Waals surface area contributed by atoms with Crippen molar-refractivity contribution < 1.29 is 13.9 Å². The summed E-state index contributed by atoms with van der Waals surface area (Å²) in [6.07, 6.45) is 0.441. The first-order valence-corrected chi connectivity index (χ1v) is 7.87. The van der Waals surface area contributed by atoms with Gasteiger partial charge in [0, 0.05) is 26.2 Å². The predicted octanol–water partition coefficient (Wildman–Crippen LogP) is 3.00. The molecular weight excluding hydrogens is 297 g/mol. The van der Waals surface area contributed by atoms with Gasteiger partial charge in [-0.1, -0.05) is 13.8 Å². The number of carbonyl (C=O) groups is 1. The fourth-order valence-corrected chi connectivity index (χ4v) is 2.50. The zero-order chi connectivity index (χ0) is 16.8. The Balaban J connectivity index is 1.98. The molecule has 0 bridgehead atoms. The van der Waals surface area contributed by atoms with E-state index in [0.717, 1.165) is 6.42 Å². The minimum Gasteiger partial charge on any atom is -0.449 e. The topological polar surface area (TPSA) is 56.6 Å². The molecule has 0 unspecified atom stereocenters. The molecule has 0 N–H and O–H groups in total. The number of ether oxygens (including phenoxy) is 1. The van der Waals surface area contributed by atoms with Crippen LogP contribution in [-0.2, 0) is 4.74 Å². The Labute approximate surface area is 136 Å². The summed E-state index contributed by atoms with van der Waals surface area (Å²) in [4.78, 5) is 15.6. The van der Waals surface area contributed by atoms with E-state index in [1.165, 1.54) is 6.07 Å². The van der Waals surface area contributed by atoms with Crippen molar-refractivity contribution in [1.82, 2.24) is 4.90 Å². The highest BCUT2D eigenvalue weighted by Gasteiger charge is 2.22. The highest BCUT2D eigenvalue weighted by Crippen LogP contribution is 2.22. The zero-order valence-corrected chi connectivity index (χ0v) is 13.6. The molecule has 0 aromatic heterocycles. The number of hydrogen-bond acceptors (Lipinski definition) is 4. The van der Waals surface area contributed by atoms with E-state index in [0.29, 0.717) is 50.0 Å². The van der Waals surface area contributed by atoms with Crippen LogP contribution in [0.2, 0.25) is 0 Å². The Morgan fingerprint density at radius 3 is 2.78 bits per heavy atom. The number of anilines is 1. The van der Waals surface area contributed by atoms with Gasteiger partial charge in [-0.3, -0.25) is 0 Å². The summed E-state index contributed by atoms with van der Waals surface area (Å²) in [7, 11) is 0. The summed E-state index contributed by atoms with van der Waals surface area (Å²) in [5.74, 6) is -0.102. The summed E-state index contributed by atoms with van der Waals surface area (Å²) in [5, 5.41) is 8.81. The van der Waals surface area contributed by atoms with Crippen LogP contribution in [0.25, 0.3) is 0 Å². The highest BCUT2D eigenvalue weighted by atomic mass is 19.1. The van der Waals surface area contributed by atoms with Gasteiger partial charge >= 0.3 is 6.09 Å². The molecule has 1 aromatic carbocycles. The standard InChI is InChI=1S/C17H22FN3O2/c1-13(2)12-23-17(22)21-7-3-6-20(8-9-21)16-5-4-14(11-19)10-15(16)18/h4-5,10,13H,3,6-9,12H2,1-2H3. The van der Waals surface area contributed by atoms with Gasteiger partial charge in [0.25, 0.3) is 0 Å². The normalized spacial score (nSPS) is 15.3. The number of hydrogen-bond donors (Lipinski definition) is 0. The lowest BCUT2D eigenvalue weighted by molar-refractivity contribution is 0.0943. The first-order chi connectivity index (χ1) is 11.0. The minimum absolute atomic E-state index is 0.301. The molecule has 0 atom stereocenters. The molecule has 0 spiro atoms. The van der Waals surface area contributed by atoms with E-state index in [-0.39, 0.29) is 6.09 Å². The van der Waals surface area contributed by atoms with E-state index < -0.39 is 5.82 Å². The van der Waals surface area contributed by atoms with Crippen LogP contribution in [0.5, 0.6) is 0 Å². The van der Waals surface area contributed by atoms with Crippen molar-refractivity contribution in [1.29, 1.82) is 5.26 Å². The monoisotopic (exact) mass is 319 g/mol. The second-order valence-corrected chi connectivity index (χ2v) is 6.08. The summed E-state index contributed by atoms with van der Waals surface area (Å²) < 4.78 is 19.4. The van der Waals surface area contributed by atoms with Crippen LogP contribution in [0.1, 0.15) is 25.8 Å². The molecule has 1 saturated heterocycles. The van der Waals surface area contributed by atoms with Crippen LogP contribution in [0.4, 0.5) is 14.9 Å². The maximum absolute atomic E-state index is 14.1. The molecule has 124 valence electrons. The average molecular weight is 319 g/mol. The van der Waals surface area contributed by atoms with E-state index >= 15 is 0 Å². The van der Waals surface area contributed by atoms with Crippen molar-refractivity contribution in [3.63, 3.8) is 0 Å². The molecule has 2 rings (SSSR count). The Bertz CT molecular complexity index is 598. The van der Waals surface area contributed by atoms with E-state index in [1.54, 1.807) is 17.0 Å². The Morgan fingerprint density at radius 1 is 1.35 bits per heavy atom. The molecule has 1 heterocycles. The fraction of sp³-hybridized carbons (Fsp3) is 0.529. The number of rotatable bonds is 3. The fourth-order valence-electron chi connectivity index (χ4n) is 2.50. The van der Waals surface area contributed by atoms with Crippen LogP contribution in [0.3, 0.4) is 0 Å². The van der Waals surface area contributed by atoms with Gasteiger partial charge in [-0.2, -0.15) is 5.26 Å². The molecule has 1 aromatic rings. The SMILES string of the molecule is CC(C)COC(=O)N1CCCN(c2ccc(C#N)cc2F)CC1. The average Bonchev–Trinajstić information content (AvgIpc) is 2.78. The van der Waals surface area contributed by atoms with Crippen LogP contribution >= 0.6 is 0 Å². The van der Waals surface area contributed by atoms with Gasteiger partial charge in [0.15, 0.2) is 0 Å². The molecule has 6 heteroatoms. The third kappa shape index (κ3) is 4.59. The molecule has 0 aliphatic carbocycles. The lowest BCUT2D eigenvalue weighted by Gasteiger charge is -2.24. The van der Waals surface area contributed by atoms with Crippen molar-refractivity contribution in [2.24, 2.45) is 5.92 Å². The predicted molar refractivity (Wildman–Crippen MR) is 85.7 cm³/mol. The van der Waals surface area contributed by atoms with Crippen LogP contribution in [0.15, 0.2) is 18.2 Å². The van der Waals surface area contributed by atoms with Crippen molar-refractivity contribution in [2.45, 2.75) is 20.3 Å². The molecule has 0 radical (unpaired) electrons. The lowest BCUT2D eigenvalue weighted by atomic mass is 10.2. The van der Waals surface area contributed by atoms with Crippen molar-refractivity contribution in [2.75, 3.05) is 37.7 Å². The highest BCUT2D eigenvalue weighted by molar-refractivity contribution is 5.67. The van der Waals surface area contributed by atoms with Crippen LogP contribution in [-0.4, -0.2) is 43.8 Å². The van der Waals surface area contributed by atoms with Gasteiger partial charge in [0.1, 0.15) is 5.82 Å². The Kier molecular flexibility index (Phi) is 5.80. The Morgan fingerprint density at radius 2 is 2.13 bits per heavy atom. The number of benzene rings is 1. The first kappa shape index (κ1) is 17.1. The molecule has 5 nitrogen and oxygen atoms in total. The maximum atomic E-state index is 14.1. The van der Waals surface area contributed by atoms with Crippen molar-refractivity contribution >= 4 is 11.8 Å². The smallest absolute Gasteiger partial charge is 0.409 e. The molecule has 23 heavy (non-hydrogen) atoms. The Hall–Kier alpha value is -2.29. The molecule has 1 amide bonds. The largest absolute Gasteiger partial charge is 0.449 e. The van der Waals surface area contributed by atoms with Crippen LogP contribution in [0, 0.1) is 23.1 Å². The van der Waals surface area contributed by atoms with Gasteiger partial charge < -0.3 is 14.5 Å². The maximum Gasteiger partial charge on any atom is 0.409 e. The van der Waals surface area contributed by atoms with E-state index in [1.807, 2.05) is 24.8 Å². The van der Waals surface area contributed by atoms with Gasteiger partial charge in [-0.25, -0.2) is 9.18 Å². The quantitative estimate of drug-likeness (QED) is 0.859. The van der Waals surface area contributed by atoms with E-state index in [2.05, 4.69) is 0 Å². The van der Waals surface area contributed by atoms with Gasteiger partial charge in [0.05, 0.1) is 23.9 Å². The molecule has 1 fully saturated rings. The number of halogens is 1. The lowest BCUT2D eigenvalue weighted by Crippen LogP contribution is -2.36. The first-order valence-electron chi connectivity index (χ1n) is 7.87. The van der Waals surface area contributed by atoms with Crippen LogP contribution < -0.4 is 4.90 Å². The third-order valence-corrected chi connectivity index (χ3v) is 3.71. The van der Waals surface area contributed by atoms with Crippen molar-refractivity contribution in [3.05, 3.63) is 29.6 Å². The molecule has 0 saturated carbocycles. The van der Waals surface area contributed by atoms with Gasteiger partial charge in [-0.15, -0.1) is 0 Å². The molecule has 1 aliphatic heterocycles. The number of amides is 1. The summed E-state index contributed by atoms with van der Waals surface area (Å²) in [6, 6.07) is 6.41. The number of nitrogens with zero attached hydrogens (tertiary/aromatic N) is 3. The minimum atomic E-state index is -0.403. The van der Waals surface area contributed by atoms with Gasteiger partial charge in [-0.05, 0) is 30.5 Å². The summed E-state index contributed by atoms with van der Waals surface area (Å²) in [5.41, 5.74) is 0.779. The van der Waals surface area contributed by atoms with Gasteiger partial charge in [0.2, 0.25) is 0 Å². The number of nitriles is 1. The summed E-state index contributed by atoms with van der Waals surface area (Å²) >= 11 is 0. The zero-order valence-electron chi connectivity index (χ0n) is 13.6. The van der Waals surface area contributed by atoms with Crippen molar-refractivity contribution in [3.8, 4) is 6.07 Å². The van der Waals surface area contributed by atoms with E-state index in [9.17, 15) is 9.18 Å². The second-order valence-electron chi connectivity index (χ2n) is 6.08. The third-order valence-electron chi connectivity index (χ3n) is 3.71. The molecular formula is C17H22FN3O2. The second kappa shape index (κ2) is 7.82. The summed E-state index contributed by atoms with van der Waals surface area (Å²) in [6.45, 7) is 6.69. The number of carbonyl (C=O) groups excluding carboxylic acids is 1. The molecule has 1 aliphatic rings. The van der Waals surface area contributed by atoms with E-state index in [4.69, 9.17) is 10.00 Å².